The van der Waals surface area contributed by atoms with Gasteiger partial charge in [0.15, 0.2) is 5.78 Å². The third-order valence-corrected chi connectivity index (χ3v) is 6.10. The van der Waals surface area contributed by atoms with E-state index in [0.717, 1.165) is 38.6 Å². The predicted octanol–water partition coefficient (Wildman–Crippen LogP) is 6.99. The van der Waals surface area contributed by atoms with E-state index in [1.807, 2.05) is 36.4 Å². The van der Waals surface area contributed by atoms with Crippen LogP contribution in [0, 0.1) is 0 Å². The molecule has 0 spiro atoms. The molecule has 0 aliphatic heterocycles. The van der Waals surface area contributed by atoms with Crippen LogP contribution >= 0.6 is 0 Å². The molecule has 0 fully saturated rings. The van der Waals surface area contributed by atoms with Gasteiger partial charge < -0.3 is 0 Å². The first-order valence-electron chi connectivity index (χ1n) is 9.96. The van der Waals surface area contributed by atoms with Crippen LogP contribution < -0.4 is 0 Å². The summed E-state index contributed by atoms with van der Waals surface area (Å²) in [4.78, 5) is 14.0. The van der Waals surface area contributed by atoms with Crippen LogP contribution in [-0.4, -0.2) is 5.78 Å². The standard InChI is InChI=1S/C28H18O/c29-28-25(19-10-5-2-6-11-19)23-13-7-12-20-14-15-21-16-17-22(18-8-3-1-4-9-18)27(28)26(21)24(20)23/h1-17,25H. The van der Waals surface area contributed by atoms with Crippen molar-refractivity contribution in [1.29, 1.82) is 0 Å². The summed E-state index contributed by atoms with van der Waals surface area (Å²) < 4.78 is 0. The number of ketones is 1. The van der Waals surface area contributed by atoms with Crippen LogP contribution in [0.3, 0.4) is 0 Å². The normalized spacial score (nSPS) is 15.3. The van der Waals surface area contributed by atoms with Crippen molar-refractivity contribution in [2.45, 2.75) is 5.92 Å². The van der Waals surface area contributed by atoms with E-state index in [9.17, 15) is 4.79 Å². The molecule has 0 aromatic heterocycles. The van der Waals surface area contributed by atoms with E-state index in [2.05, 4.69) is 66.7 Å². The fourth-order valence-corrected chi connectivity index (χ4v) is 4.84. The van der Waals surface area contributed by atoms with Gasteiger partial charge in [0.05, 0.1) is 5.92 Å². The SMILES string of the molecule is O=C1c2c(-c3ccccc3)ccc3ccc4cccc(c4c23)C1c1ccccc1. The zero-order valence-electron chi connectivity index (χ0n) is 15.8. The average molecular weight is 370 g/mol. The molecule has 5 aromatic rings. The predicted molar refractivity (Wildman–Crippen MR) is 120 cm³/mol. The molecule has 0 saturated carbocycles. The molecule has 6 rings (SSSR count). The Bertz CT molecular complexity index is 1400. The molecular formula is C28H18O. The zero-order chi connectivity index (χ0) is 19.4. The van der Waals surface area contributed by atoms with Crippen molar-refractivity contribution in [2.24, 2.45) is 0 Å². The van der Waals surface area contributed by atoms with Gasteiger partial charge in [0.25, 0.3) is 0 Å². The fourth-order valence-electron chi connectivity index (χ4n) is 4.84. The molecule has 5 aromatic carbocycles. The number of carbonyl (C=O) groups is 1. The lowest BCUT2D eigenvalue weighted by Gasteiger charge is -2.27. The molecular weight excluding hydrogens is 352 g/mol. The Balaban J connectivity index is 1.79. The fraction of sp³-hybridized carbons (Fsp3) is 0.0357. The first kappa shape index (κ1) is 16.3. The van der Waals surface area contributed by atoms with Crippen LogP contribution in [0.25, 0.3) is 32.7 Å². The molecule has 1 aliphatic rings. The van der Waals surface area contributed by atoms with Crippen molar-refractivity contribution in [3.05, 3.63) is 120 Å². The average Bonchev–Trinajstić information content (AvgIpc) is 2.79. The van der Waals surface area contributed by atoms with Crippen molar-refractivity contribution >= 4 is 27.3 Å². The summed E-state index contributed by atoms with van der Waals surface area (Å²) in [5, 5.41) is 4.62. The molecule has 1 heteroatoms. The third kappa shape index (κ3) is 2.31. The molecule has 0 radical (unpaired) electrons. The number of hydrogen-bond donors (Lipinski definition) is 0. The first-order chi connectivity index (χ1) is 14.3. The largest absolute Gasteiger partial charge is 0.293 e. The maximum absolute atomic E-state index is 14.0. The minimum absolute atomic E-state index is 0.187. The highest BCUT2D eigenvalue weighted by Crippen LogP contribution is 2.46. The van der Waals surface area contributed by atoms with Gasteiger partial charge in [-0.1, -0.05) is 103 Å². The molecule has 1 aliphatic carbocycles. The summed E-state index contributed by atoms with van der Waals surface area (Å²) in [6.07, 6.45) is 0. The zero-order valence-corrected chi connectivity index (χ0v) is 15.8. The second-order valence-corrected chi connectivity index (χ2v) is 7.67. The molecule has 1 atom stereocenters. The number of Topliss-reactive ketones (excluding diaryl/α,β-unsaturated/α-hetero) is 1. The molecule has 0 amide bonds. The van der Waals surface area contributed by atoms with Crippen molar-refractivity contribution in [1.82, 2.24) is 0 Å². The van der Waals surface area contributed by atoms with E-state index in [1.54, 1.807) is 0 Å². The molecule has 0 heterocycles. The van der Waals surface area contributed by atoms with Gasteiger partial charge in [-0.3, -0.25) is 4.79 Å². The molecule has 0 bridgehead atoms. The van der Waals surface area contributed by atoms with Gasteiger partial charge in [0, 0.05) is 10.9 Å². The Morgan fingerprint density at radius 2 is 1.21 bits per heavy atom. The molecule has 1 unspecified atom stereocenters. The van der Waals surface area contributed by atoms with E-state index in [1.165, 1.54) is 10.8 Å². The van der Waals surface area contributed by atoms with Crippen LogP contribution in [0.1, 0.15) is 27.4 Å². The molecule has 136 valence electrons. The van der Waals surface area contributed by atoms with Gasteiger partial charge in [-0.15, -0.1) is 0 Å². The van der Waals surface area contributed by atoms with Gasteiger partial charge >= 0.3 is 0 Å². The number of carbonyl (C=O) groups excluding carboxylic acids is 1. The van der Waals surface area contributed by atoms with E-state index in [4.69, 9.17) is 0 Å². The maximum Gasteiger partial charge on any atom is 0.175 e. The van der Waals surface area contributed by atoms with E-state index < -0.39 is 0 Å². The first-order valence-corrected chi connectivity index (χ1v) is 9.96. The summed E-state index contributed by atoms with van der Waals surface area (Å²) in [5.41, 5.74) is 5.12. The Morgan fingerprint density at radius 1 is 0.552 bits per heavy atom. The van der Waals surface area contributed by atoms with Crippen molar-refractivity contribution in [3.63, 3.8) is 0 Å². The van der Waals surface area contributed by atoms with Gasteiger partial charge in [-0.05, 0) is 38.4 Å². The lowest BCUT2D eigenvalue weighted by Crippen LogP contribution is -2.20. The molecule has 0 saturated heterocycles. The Morgan fingerprint density at radius 3 is 1.97 bits per heavy atom. The van der Waals surface area contributed by atoms with Crippen molar-refractivity contribution in [2.75, 3.05) is 0 Å². The van der Waals surface area contributed by atoms with E-state index in [0.29, 0.717) is 0 Å². The smallest absolute Gasteiger partial charge is 0.175 e. The number of hydrogen-bond acceptors (Lipinski definition) is 1. The summed E-state index contributed by atoms with van der Waals surface area (Å²) in [6, 6.07) is 35.3. The molecule has 29 heavy (non-hydrogen) atoms. The second kappa shape index (κ2) is 6.15. The summed E-state index contributed by atoms with van der Waals surface area (Å²) >= 11 is 0. The Labute approximate surface area is 169 Å². The van der Waals surface area contributed by atoms with Crippen LogP contribution in [0.4, 0.5) is 0 Å². The maximum atomic E-state index is 14.0. The van der Waals surface area contributed by atoms with E-state index >= 15 is 0 Å². The van der Waals surface area contributed by atoms with Crippen molar-refractivity contribution in [3.8, 4) is 11.1 Å². The Kier molecular flexibility index (Phi) is 3.45. The molecule has 1 nitrogen and oxygen atoms in total. The topological polar surface area (TPSA) is 17.1 Å². The van der Waals surface area contributed by atoms with Crippen molar-refractivity contribution < 1.29 is 4.79 Å². The third-order valence-electron chi connectivity index (χ3n) is 6.10. The summed E-state index contributed by atoms with van der Waals surface area (Å²) in [7, 11) is 0. The number of benzene rings is 5. The monoisotopic (exact) mass is 370 g/mol. The van der Waals surface area contributed by atoms with Gasteiger partial charge in [0.1, 0.15) is 0 Å². The Hall–Kier alpha value is -3.71. The highest BCUT2D eigenvalue weighted by atomic mass is 16.1. The van der Waals surface area contributed by atoms with E-state index in [-0.39, 0.29) is 11.7 Å². The van der Waals surface area contributed by atoms with Crippen LogP contribution in [0.15, 0.2) is 103 Å². The van der Waals surface area contributed by atoms with Crippen LogP contribution in [0.2, 0.25) is 0 Å². The van der Waals surface area contributed by atoms with Crippen LogP contribution in [0.5, 0.6) is 0 Å². The highest BCUT2D eigenvalue weighted by Gasteiger charge is 2.33. The number of rotatable bonds is 2. The second-order valence-electron chi connectivity index (χ2n) is 7.67. The minimum atomic E-state index is -0.275. The minimum Gasteiger partial charge on any atom is -0.293 e. The van der Waals surface area contributed by atoms with Gasteiger partial charge in [0.2, 0.25) is 0 Å². The lowest BCUT2D eigenvalue weighted by atomic mass is 9.74. The molecule has 0 N–H and O–H groups in total. The van der Waals surface area contributed by atoms with Gasteiger partial charge in [-0.25, -0.2) is 0 Å². The lowest BCUT2D eigenvalue weighted by molar-refractivity contribution is 0.0975. The summed E-state index contributed by atoms with van der Waals surface area (Å²) in [5.74, 6) is -0.0882. The van der Waals surface area contributed by atoms with Gasteiger partial charge in [-0.2, -0.15) is 0 Å². The quantitative estimate of drug-likeness (QED) is 0.306. The van der Waals surface area contributed by atoms with Crippen LogP contribution in [-0.2, 0) is 0 Å². The highest BCUT2D eigenvalue weighted by molar-refractivity contribution is 6.27. The summed E-state index contributed by atoms with van der Waals surface area (Å²) in [6.45, 7) is 0.